The first-order chi connectivity index (χ1) is 8.75. The summed E-state index contributed by atoms with van der Waals surface area (Å²) in [7, 11) is 0. The van der Waals surface area contributed by atoms with Crippen LogP contribution in [-0.4, -0.2) is 23.1 Å². The number of hydrogen-bond acceptors (Lipinski definition) is 2. The highest BCUT2D eigenvalue weighted by Crippen LogP contribution is 2.32. The Labute approximate surface area is 119 Å². The van der Waals surface area contributed by atoms with Gasteiger partial charge in [-0.3, -0.25) is 4.79 Å². The van der Waals surface area contributed by atoms with Crippen LogP contribution in [0.1, 0.15) is 38.8 Å². The molecule has 0 bridgehead atoms. The molecular formula is C15H21ClO3. The Morgan fingerprint density at radius 2 is 2.05 bits per heavy atom. The molecule has 0 radical (unpaired) electrons. The van der Waals surface area contributed by atoms with E-state index in [-0.39, 0.29) is 12.0 Å². The summed E-state index contributed by atoms with van der Waals surface area (Å²) in [5, 5.41) is 7.73. The van der Waals surface area contributed by atoms with Gasteiger partial charge in [0.2, 0.25) is 0 Å². The summed E-state index contributed by atoms with van der Waals surface area (Å²) < 4.78 is 5.57. The van der Waals surface area contributed by atoms with Crippen LogP contribution in [0.25, 0.3) is 0 Å². The van der Waals surface area contributed by atoms with Crippen LogP contribution in [0.5, 0.6) is 5.75 Å². The Hall–Kier alpha value is -1.22. The molecule has 1 rings (SSSR count). The van der Waals surface area contributed by atoms with E-state index in [1.54, 1.807) is 0 Å². The molecule has 19 heavy (non-hydrogen) atoms. The van der Waals surface area contributed by atoms with Crippen molar-refractivity contribution in [3.63, 3.8) is 0 Å². The Balaban J connectivity index is 2.97. The third-order valence-electron chi connectivity index (χ3n) is 2.91. The van der Waals surface area contributed by atoms with E-state index in [4.69, 9.17) is 21.4 Å². The quantitative estimate of drug-likeness (QED) is 0.840. The molecule has 0 aromatic heterocycles. The largest absolute Gasteiger partial charge is 0.491 e. The Bertz CT molecular complexity index is 449. The first kappa shape index (κ1) is 15.8. The third-order valence-corrected chi connectivity index (χ3v) is 3.23. The molecule has 0 fully saturated rings. The monoisotopic (exact) mass is 284 g/mol. The average Bonchev–Trinajstić information content (AvgIpc) is 2.34. The summed E-state index contributed by atoms with van der Waals surface area (Å²) in [6.45, 7) is 8.37. The Morgan fingerprint density at radius 1 is 1.42 bits per heavy atom. The van der Waals surface area contributed by atoms with Gasteiger partial charge in [0.05, 0.1) is 0 Å². The predicted molar refractivity (Wildman–Crippen MR) is 77.3 cm³/mol. The number of aryl methyl sites for hydroxylation is 1. The number of rotatable bonds is 5. The van der Waals surface area contributed by atoms with Crippen LogP contribution in [0.2, 0.25) is 0 Å². The van der Waals surface area contributed by atoms with Crippen LogP contribution < -0.4 is 4.74 Å². The maximum absolute atomic E-state index is 10.7. The summed E-state index contributed by atoms with van der Waals surface area (Å²) >= 11 is 5.67. The van der Waals surface area contributed by atoms with Gasteiger partial charge >= 0.3 is 5.97 Å². The van der Waals surface area contributed by atoms with Crippen molar-refractivity contribution >= 4 is 17.6 Å². The fraction of sp³-hybridized carbons (Fsp3) is 0.533. The molecule has 0 aliphatic carbocycles. The molecule has 1 atom stereocenters. The summed E-state index contributed by atoms with van der Waals surface area (Å²) in [5.74, 6) is -0.360. The maximum atomic E-state index is 10.7. The lowest BCUT2D eigenvalue weighted by atomic mass is 9.85. The van der Waals surface area contributed by atoms with Crippen molar-refractivity contribution in [1.29, 1.82) is 0 Å². The summed E-state index contributed by atoms with van der Waals surface area (Å²) in [6, 6.07) is 6.00. The van der Waals surface area contributed by atoms with Gasteiger partial charge in [-0.15, -0.1) is 11.6 Å². The van der Waals surface area contributed by atoms with Crippen LogP contribution in [0.4, 0.5) is 0 Å². The van der Waals surface area contributed by atoms with E-state index in [9.17, 15) is 4.79 Å². The number of halogens is 1. The molecule has 1 N–H and O–H groups in total. The molecule has 0 saturated heterocycles. The lowest BCUT2D eigenvalue weighted by Crippen LogP contribution is -2.23. The molecule has 0 amide bonds. The molecule has 1 aromatic carbocycles. The van der Waals surface area contributed by atoms with Gasteiger partial charge in [-0.2, -0.15) is 0 Å². The van der Waals surface area contributed by atoms with Crippen molar-refractivity contribution in [1.82, 2.24) is 0 Å². The van der Waals surface area contributed by atoms with Gasteiger partial charge in [0, 0.05) is 0 Å². The molecule has 3 nitrogen and oxygen atoms in total. The van der Waals surface area contributed by atoms with E-state index in [0.717, 1.165) is 12.0 Å². The fourth-order valence-corrected chi connectivity index (χ4v) is 1.81. The molecule has 1 unspecified atom stereocenters. The zero-order valence-electron chi connectivity index (χ0n) is 11.9. The highest BCUT2D eigenvalue weighted by atomic mass is 35.5. The number of aliphatic carboxylic acids is 1. The van der Waals surface area contributed by atoms with Crippen molar-refractivity contribution in [3.8, 4) is 5.75 Å². The number of carbonyl (C=O) groups is 1. The number of alkyl halides is 1. The second-order valence-corrected chi connectivity index (χ2v) is 6.08. The second-order valence-electron chi connectivity index (χ2n) is 5.55. The zero-order valence-corrected chi connectivity index (χ0v) is 12.6. The van der Waals surface area contributed by atoms with E-state index in [1.807, 2.05) is 12.1 Å². The predicted octanol–water partition coefficient (Wildman–Crippen LogP) is 3.62. The number of ether oxygens (including phenoxy) is 1. The standard InChI is InChI=1S/C15H21ClO3/c1-5-10-6-7-13(11(8-10)15(2,3)4)19-9-12(16)14(17)18/h6-8,12H,5,9H2,1-4H3,(H,17,18). The lowest BCUT2D eigenvalue weighted by Gasteiger charge is -2.24. The molecule has 0 spiro atoms. The van der Waals surface area contributed by atoms with Gasteiger partial charge in [-0.05, 0) is 29.0 Å². The number of carboxylic acids is 1. The van der Waals surface area contributed by atoms with E-state index in [2.05, 4.69) is 33.8 Å². The van der Waals surface area contributed by atoms with Crippen molar-refractivity contribution in [3.05, 3.63) is 29.3 Å². The van der Waals surface area contributed by atoms with Crippen LogP contribution in [0.15, 0.2) is 18.2 Å². The molecule has 0 heterocycles. The van der Waals surface area contributed by atoms with Crippen molar-refractivity contribution in [2.75, 3.05) is 6.61 Å². The summed E-state index contributed by atoms with van der Waals surface area (Å²) in [6.07, 6.45) is 0.955. The van der Waals surface area contributed by atoms with E-state index >= 15 is 0 Å². The van der Waals surface area contributed by atoms with Crippen molar-refractivity contribution in [2.24, 2.45) is 0 Å². The number of hydrogen-bond donors (Lipinski definition) is 1. The lowest BCUT2D eigenvalue weighted by molar-refractivity contribution is -0.137. The van der Waals surface area contributed by atoms with Crippen LogP contribution in [0.3, 0.4) is 0 Å². The van der Waals surface area contributed by atoms with E-state index in [0.29, 0.717) is 5.75 Å². The molecule has 0 saturated carbocycles. The van der Waals surface area contributed by atoms with Crippen LogP contribution >= 0.6 is 11.6 Å². The maximum Gasteiger partial charge on any atom is 0.325 e. The topological polar surface area (TPSA) is 46.5 Å². The van der Waals surface area contributed by atoms with Gasteiger partial charge in [0.1, 0.15) is 12.4 Å². The Kier molecular flexibility index (Phi) is 5.24. The van der Waals surface area contributed by atoms with Gasteiger partial charge in [-0.1, -0.05) is 39.8 Å². The van der Waals surface area contributed by atoms with Crippen LogP contribution in [0, 0.1) is 0 Å². The van der Waals surface area contributed by atoms with Crippen LogP contribution in [-0.2, 0) is 16.6 Å². The van der Waals surface area contributed by atoms with Gasteiger partial charge in [-0.25, -0.2) is 0 Å². The SMILES string of the molecule is CCc1ccc(OCC(Cl)C(=O)O)c(C(C)(C)C)c1. The highest BCUT2D eigenvalue weighted by molar-refractivity contribution is 6.29. The normalized spacial score (nSPS) is 13.1. The number of benzene rings is 1. The first-order valence-electron chi connectivity index (χ1n) is 6.38. The van der Waals surface area contributed by atoms with E-state index in [1.165, 1.54) is 5.56 Å². The fourth-order valence-electron chi connectivity index (χ4n) is 1.74. The van der Waals surface area contributed by atoms with Gasteiger partial charge in [0.15, 0.2) is 5.38 Å². The molecule has 0 aliphatic heterocycles. The minimum Gasteiger partial charge on any atom is -0.491 e. The third kappa shape index (κ3) is 4.43. The highest BCUT2D eigenvalue weighted by Gasteiger charge is 2.21. The molecular weight excluding hydrogens is 264 g/mol. The summed E-state index contributed by atoms with van der Waals surface area (Å²) in [5.41, 5.74) is 2.24. The minimum atomic E-state index is -1.07. The average molecular weight is 285 g/mol. The molecule has 1 aromatic rings. The van der Waals surface area contributed by atoms with E-state index < -0.39 is 11.3 Å². The van der Waals surface area contributed by atoms with Crippen molar-refractivity contribution in [2.45, 2.75) is 44.9 Å². The first-order valence-corrected chi connectivity index (χ1v) is 6.82. The Morgan fingerprint density at radius 3 is 2.53 bits per heavy atom. The molecule has 106 valence electrons. The summed E-state index contributed by atoms with van der Waals surface area (Å²) in [4.78, 5) is 10.7. The molecule has 4 heteroatoms. The van der Waals surface area contributed by atoms with Crippen molar-refractivity contribution < 1.29 is 14.6 Å². The minimum absolute atomic E-state index is 0.0363. The second kappa shape index (κ2) is 6.29. The van der Waals surface area contributed by atoms with Gasteiger partial charge in [0.25, 0.3) is 0 Å². The smallest absolute Gasteiger partial charge is 0.325 e. The van der Waals surface area contributed by atoms with Gasteiger partial charge < -0.3 is 9.84 Å². The number of carboxylic acid groups (broad SMARTS) is 1. The molecule has 0 aliphatic rings. The zero-order chi connectivity index (χ0) is 14.6.